The quantitative estimate of drug-likeness (QED) is 0.902. The van der Waals surface area contributed by atoms with Gasteiger partial charge in [0.2, 0.25) is 5.91 Å². The molecule has 1 aromatic rings. The summed E-state index contributed by atoms with van der Waals surface area (Å²) in [5.74, 6) is -0.0309. The molecule has 1 aliphatic rings. The van der Waals surface area contributed by atoms with Gasteiger partial charge >= 0.3 is 0 Å². The lowest BCUT2D eigenvalue weighted by Gasteiger charge is -2.29. The Morgan fingerprint density at radius 1 is 1.37 bits per heavy atom. The van der Waals surface area contributed by atoms with E-state index >= 15 is 0 Å². The van der Waals surface area contributed by atoms with Crippen LogP contribution in [0.2, 0.25) is 0 Å². The Morgan fingerprint density at radius 2 is 2.00 bits per heavy atom. The Labute approximate surface area is 122 Å². The third kappa shape index (κ3) is 2.99. The molecule has 1 saturated heterocycles. The Hall–Kier alpha value is -0.910. The Morgan fingerprint density at radius 3 is 2.58 bits per heavy atom. The maximum absolute atomic E-state index is 12.5. The fraction of sp³-hybridized carbons (Fsp3) is 0.500. The first-order valence-electron chi connectivity index (χ1n) is 6.44. The Bertz CT molecular complexity index is 449. The molecule has 0 aromatic heterocycles. The fourth-order valence-electron chi connectivity index (χ4n) is 2.38. The average molecular weight is 327 g/mol. The van der Waals surface area contributed by atoms with E-state index in [1.807, 2.05) is 36.2 Å². The molecule has 0 aliphatic carbocycles. The Balaban J connectivity index is 2.29. The molecule has 1 fully saturated rings. The summed E-state index contributed by atoms with van der Waals surface area (Å²) in [6, 6.07) is 7.52. The highest BCUT2D eigenvalue weighted by Crippen LogP contribution is 2.23. The van der Waals surface area contributed by atoms with Gasteiger partial charge in [-0.2, -0.15) is 0 Å². The van der Waals surface area contributed by atoms with Crippen molar-refractivity contribution in [3.63, 3.8) is 0 Å². The van der Waals surface area contributed by atoms with Crippen LogP contribution in [0.4, 0.5) is 5.69 Å². The van der Waals surface area contributed by atoms with Crippen LogP contribution in [0.3, 0.4) is 0 Å². The highest BCUT2D eigenvalue weighted by molar-refractivity contribution is 9.10. The zero-order chi connectivity index (χ0) is 14.0. The van der Waals surface area contributed by atoms with Crippen molar-refractivity contribution in [2.24, 2.45) is 0 Å². The molecule has 19 heavy (non-hydrogen) atoms. The maximum Gasteiger partial charge on any atom is 0.246 e. The highest BCUT2D eigenvalue weighted by atomic mass is 79.9. The molecule has 2 atom stereocenters. The van der Waals surface area contributed by atoms with E-state index in [2.05, 4.69) is 22.9 Å². The molecule has 4 nitrogen and oxygen atoms in total. The van der Waals surface area contributed by atoms with E-state index in [1.165, 1.54) is 0 Å². The first-order valence-corrected chi connectivity index (χ1v) is 7.23. The predicted octanol–water partition coefficient (Wildman–Crippen LogP) is 1.87. The normalized spacial score (nSPS) is 25.5. The van der Waals surface area contributed by atoms with E-state index in [0.29, 0.717) is 6.54 Å². The second-order valence-corrected chi connectivity index (χ2v) is 5.88. The number of hydrogen-bond acceptors (Lipinski definition) is 3. The molecule has 2 unspecified atom stereocenters. The van der Waals surface area contributed by atoms with Crippen LogP contribution in [0.15, 0.2) is 28.7 Å². The van der Waals surface area contributed by atoms with Crippen molar-refractivity contribution in [1.82, 2.24) is 4.90 Å². The minimum absolute atomic E-state index is 0.0309. The zero-order valence-electron chi connectivity index (χ0n) is 11.2. The number of carbonyl (C=O) groups excluding carboxylic acids is 1. The lowest BCUT2D eigenvalue weighted by Crippen LogP contribution is -2.48. The molecule has 0 spiro atoms. The number of likely N-dealkylation sites (N-methyl/N-ethyl adjacent to an activating group) is 1. The van der Waals surface area contributed by atoms with Crippen LogP contribution in [0.1, 0.15) is 13.3 Å². The molecule has 5 heteroatoms. The summed E-state index contributed by atoms with van der Waals surface area (Å²) in [5, 5.41) is 9.49. The van der Waals surface area contributed by atoms with Crippen LogP contribution in [0.25, 0.3) is 0 Å². The second kappa shape index (κ2) is 6.03. The van der Waals surface area contributed by atoms with E-state index in [0.717, 1.165) is 16.6 Å². The first kappa shape index (κ1) is 14.5. The summed E-state index contributed by atoms with van der Waals surface area (Å²) < 4.78 is 0.989. The van der Waals surface area contributed by atoms with Crippen LogP contribution in [0.5, 0.6) is 0 Å². The van der Waals surface area contributed by atoms with Gasteiger partial charge in [0.05, 0.1) is 6.61 Å². The highest BCUT2D eigenvalue weighted by Gasteiger charge is 2.33. The summed E-state index contributed by atoms with van der Waals surface area (Å²) in [6.45, 7) is 2.62. The topological polar surface area (TPSA) is 43.8 Å². The molecule has 1 heterocycles. The van der Waals surface area contributed by atoms with Gasteiger partial charge in [0, 0.05) is 22.7 Å². The maximum atomic E-state index is 12.5. The summed E-state index contributed by atoms with van der Waals surface area (Å²) in [7, 11) is 1.90. The van der Waals surface area contributed by atoms with E-state index in [-0.39, 0.29) is 18.6 Å². The number of amides is 1. The van der Waals surface area contributed by atoms with Crippen LogP contribution >= 0.6 is 15.9 Å². The molecule has 2 rings (SSSR count). The van der Waals surface area contributed by atoms with Gasteiger partial charge in [0.25, 0.3) is 0 Å². The van der Waals surface area contributed by atoms with Crippen LogP contribution in [0, 0.1) is 0 Å². The molecule has 104 valence electrons. The molecule has 1 aliphatic heterocycles. The lowest BCUT2D eigenvalue weighted by atomic mass is 10.2. The smallest absolute Gasteiger partial charge is 0.246 e. The summed E-state index contributed by atoms with van der Waals surface area (Å²) in [6.07, 6.45) is 0.898. The molecular weight excluding hydrogens is 308 g/mol. The predicted molar refractivity (Wildman–Crippen MR) is 79.2 cm³/mol. The molecule has 1 amide bonds. The van der Waals surface area contributed by atoms with Gasteiger partial charge in [0.15, 0.2) is 0 Å². The Kier molecular flexibility index (Phi) is 4.60. The zero-order valence-corrected chi connectivity index (χ0v) is 12.8. The van der Waals surface area contributed by atoms with Crippen molar-refractivity contribution >= 4 is 27.5 Å². The number of rotatable bonds is 2. The van der Waals surface area contributed by atoms with Gasteiger partial charge in [-0.05, 0) is 44.7 Å². The van der Waals surface area contributed by atoms with Crippen molar-refractivity contribution < 1.29 is 9.90 Å². The molecule has 1 N–H and O–H groups in total. The summed E-state index contributed by atoms with van der Waals surface area (Å²) in [5.41, 5.74) is 0.883. The number of anilines is 1. The number of nitrogens with zero attached hydrogens (tertiary/aromatic N) is 2. The molecule has 1 aromatic carbocycles. The third-order valence-electron chi connectivity index (χ3n) is 3.82. The van der Waals surface area contributed by atoms with Gasteiger partial charge in [0.1, 0.15) is 6.04 Å². The number of aliphatic hydroxyl groups is 1. The fourth-order valence-corrected chi connectivity index (χ4v) is 2.64. The third-order valence-corrected chi connectivity index (χ3v) is 4.35. The van der Waals surface area contributed by atoms with Crippen molar-refractivity contribution in [2.75, 3.05) is 25.1 Å². The number of aliphatic hydroxyl groups excluding tert-OH is 1. The van der Waals surface area contributed by atoms with Gasteiger partial charge in [-0.1, -0.05) is 15.9 Å². The molecule has 0 saturated carbocycles. The monoisotopic (exact) mass is 326 g/mol. The number of hydrogen-bond donors (Lipinski definition) is 1. The van der Waals surface area contributed by atoms with E-state index in [4.69, 9.17) is 0 Å². The van der Waals surface area contributed by atoms with Crippen LogP contribution < -0.4 is 4.90 Å². The van der Waals surface area contributed by atoms with Crippen molar-refractivity contribution in [1.29, 1.82) is 0 Å². The largest absolute Gasteiger partial charge is 0.394 e. The van der Waals surface area contributed by atoms with Crippen LogP contribution in [-0.4, -0.2) is 48.2 Å². The average Bonchev–Trinajstić information content (AvgIpc) is 2.50. The SMILES string of the molecule is CC1CCN(c2ccc(Br)cc2)C(=O)C(CO)N1C. The number of halogens is 1. The number of carbonyl (C=O) groups is 1. The standard InChI is InChI=1S/C14H19BrN2O2/c1-10-7-8-17(12-5-3-11(15)4-6-12)14(19)13(9-18)16(10)2/h3-6,10,13,18H,7-9H2,1-2H3. The van der Waals surface area contributed by atoms with Gasteiger partial charge < -0.3 is 10.0 Å². The minimum atomic E-state index is -0.457. The number of benzene rings is 1. The van der Waals surface area contributed by atoms with E-state index in [1.54, 1.807) is 4.90 Å². The minimum Gasteiger partial charge on any atom is -0.394 e. The van der Waals surface area contributed by atoms with E-state index in [9.17, 15) is 9.90 Å². The van der Waals surface area contributed by atoms with Crippen molar-refractivity contribution in [3.8, 4) is 0 Å². The van der Waals surface area contributed by atoms with Crippen molar-refractivity contribution in [3.05, 3.63) is 28.7 Å². The van der Waals surface area contributed by atoms with Gasteiger partial charge in [-0.25, -0.2) is 0 Å². The van der Waals surface area contributed by atoms with Gasteiger partial charge in [-0.3, -0.25) is 9.69 Å². The molecule has 0 radical (unpaired) electrons. The van der Waals surface area contributed by atoms with Crippen LogP contribution in [-0.2, 0) is 4.79 Å². The van der Waals surface area contributed by atoms with Gasteiger partial charge in [-0.15, -0.1) is 0 Å². The van der Waals surface area contributed by atoms with Crippen molar-refractivity contribution in [2.45, 2.75) is 25.4 Å². The first-order chi connectivity index (χ1) is 9.04. The lowest BCUT2D eigenvalue weighted by molar-refractivity contribution is -0.124. The van der Waals surface area contributed by atoms with E-state index < -0.39 is 6.04 Å². The molecular formula is C14H19BrN2O2. The second-order valence-electron chi connectivity index (χ2n) is 4.97. The summed E-state index contributed by atoms with van der Waals surface area (Å²) >= 11 is 3.39. The summed E-state index contributed by atoms with van der Waals surface area (Å²) in [4.78, 5) is 16.3. The molecule has 0 bridgehead atoms.